The first-order valence-corrected chi connectivity index (χ1v) is 6.51. The molecule has 1 heterocycles. The molecule has 2 aromatic rings. The topological polar surface area (TPSA) is 33.5 Å². The average molecular weight is 257 g/mol. The van der Waals surface area contributed by atoms with Crippen LogP contribution in [0.5, 0.6) is 0 Å². The first-order valence-electron chi connectivity index (χ1n) is 6.51. The van der Waals surface area contributed by atoms with Gasteiger partial charge < -0.3 is 9.32 Å². The van der Waals surface area contributed by atoms with Gasteiger partial charge in [0.1, 0.15) is 5.76 Å². The molecule has 0 fully saturated rings. The van der Waals surface area contributed by atoms with Gasteiger partial charge in [0.05, 0.1) is 12.3 Å². The molecule has 0 bridgehead atoms. The number of hydrogen-bond acceptors (Lipinski definition) is 2. The first kappa shape index (κ1) is 13.4. The van der Waals surface area contributed by atoms with E-state index in [1.54, 1.807) is 11.2 Å². The molecule has 0 aliphatic carbocycles. The van der Waals surface area contributed by atoms with Crippen molar-refractivity contribution in [1.29, 1.82) is 0 Å². The van der Waals surface area contributed by atoms with E-state index in [4.69, 9.17) is 4.42 Å². The number of carbonyl (C=O) groups excluding carboxylic acids is 1. The number of hydrogen-bond donors (Lipinski definition) is 0. The molecule has 0 N–H and O–H groups in total. The average Bonchev–Trinajstić information content (AvgIpc) is 2.98. The normalized spacial score (nSPS) is 12.1. The maximum absolute atomic E-state index is 12.1. The van der Waals surface area contributed by atoms with Crippen molar-refractivity contribution in [2.45, 2.75) is 25.8 Å². The van der Waals surface area contributed by atoms with Gasteiger partial charge in [0.15, 0.2) is 0 Å². The van der Waals surface area contributed by atoms with Crippen molar-refractivity contribution in [3.63, 3.8) is 0 Å². The lowest BCUT2D eigenvalue weighted by Crippen LogP contribution is -2.29. The second-order valence-electron chi connectivity index (χ2n) is 4.68. The Morgan fingerprint density at radius 1 is 1.21 bits per heavy atom. The Balaban J connectivity index is 1.89. The largest absolute Gasteiger partial charge is 0.467 e. The molecule has 3 nitrogen and oxygen atoms in total. The Labute approximate surface area is 113 Å². The van der Waals surface area contributed by atoms with Gasteiger partial charge in [0, 0.05) is 13.5 Å². The summed E-state index contributed by atoms with van der Waals surface area (Å²) < 4.78 is 5.34. The number of benzene rings is 1. The Hall–Kier alpha value is -2.03. The maximum Gasteiger partial charge on any atom is 0.223 e. The molecule has 0 saturated carbocycles. The minimum absolute atomic E-state index is 0.0294. The molecule has 0 aliphatic rings. The van der Waals surface area contributed by atoms with E-state index < -0.39 is 0 Å². The van der Waals surface area contributed by atoms with Gasteiger partial charge in [0.25, 0.3) is 0 Å². The van der Waals surface area contributed by atoms with Gasteiger partial charge in [-0.2, -0.15) is 0 Å². The van der Waals surface area contributed by atoms with Crippen molar-refractivity contribution in [2.75, 3.05) is 7.05 Å². The summed E-state index contributed by atoms with van der Waals surface area (Å²) in [6.45, 7) is 1.97. The molecule has 3 heteroatoms. The number of amides is 1. The highest BCUT2D eigenvalue weighted by Gasteiger charge is 2.18. The summed E-state index contributed by atoms with van der Waals surface area (Å²) in [6, 6.07) is 13.8. The molecule has 0 saturated heterocycles. The van der Waals surface area contributed by atoms with Crippen LogP contribution in [0.1, 0.15) is 30.7 Å². The lowest BCUT2D eigenvalue weighted by Gasteiger charge is -2.23. The number of nitrogens with zero attached hydrogens (tertiary/aromatic N) is 1. The molecular formula is C16H19NO2. The van der Waals surface area contributed by atoms with E-state index in [0.717, 1.165) is 12.2 Å². The molecule has 19 heavy (non-hydrogen) atoms. The van der Waals surface area contributed by atoms with Crippen LogP contribution >= 0.6 is 0 Å². The zero-order valence-electron chi connectivity index (χ0n) is 11.4. The fourth-order valence-electron chi connectivity index (χ4n) is 2.01. The van der Waals surface area contributed by atoms with Crippen LogP contribution in [0.4, 0.5) is 0 Å². The molecule has 1 aromatic carbocycles. The Bertz CT molecular complexity index is 505. The van der Waals surface area contributed by atoms with Gasteiger partial charge in [-0.25, -0.2) is 0 Å². The van der Waals surface area contributed by atoms with E-state index in [-0.39, 0.29) is 11.9 Å². The summed E-state index contributed by atoms with van der Waals surface area (Å²) in [6.07, 6.45) is 2.93. The highest BCUT2D eigenvalue weighted by Crippen LogP contribution is 2.20. The second-order valence-corrected chi connectivity index (χ2v) is 4.68. The van der Waals surface area contributed by atoms with Crippen molar-refractivity contribution in [3.05, 3.63) is 60.1 Å². The molecule has 1 atom stereocenters. The van der Waals surface area contributed by atoms with Gasteiger partial charge in [0.2, 0.25) is 5.91 Å². The van der Waals surface area contributed by atoms with E-state index in [0.29, 0.717) is 6.42 Å². The van der Waals surface area contributed by atoms with Crippen LogP contribution in [0.15, 0.2) is 53.1 Å². The fraction of sp³-hybridized carbons (Fsp3) is 0.312. The fourth-order valence-corrected chi connectivity index (χ4v) is 2.01. The van der Waals surface area contributed by atoms with E-state index >= 15 is 0 Å². The molecule has 1 amide bonds. The maximum atomic E-state index is 12.1. The van der Waals surface area contributed by atoms with Crippen molar-refractivity contribution >= 4 is 5.91 Å². The van der Waals surface area contributed by atoms with Gasteiger partial charge in [-0.1, -0.05) is 30.3 Å². The molecular weight excluding hydrogens is 238 g/mol. The minimum atomic E-state index is -0.0294. The molecule has 1 unspecified atom stereocenters. The van der Waals surface area contributed by atoms with E-state index in [2.05, 4.69) is 0 Å². The lowest BCUT2D eigenvalue weighted by molar-refractivity contribution is -0.132. The van der Waals surface area contributed by atoms with Crippen molar-refractivity contribution in [3.8, 4) is 0 Å². The highest BCUT2D eigenvalue weighted by atomic mass is 16.3. The van der Waals surface area contributed by atoms with Crippen LogP contribution in [0, 0.1) is 0 Å². The summed E-state index contributed by atoms with van der Waals surface area (Å²) >= 11 is 0. The second kappa shape index (κ2) is 6.23. The summed E-state index contributed by atoms with van der Waals surface area (Å²) in [5.41, 5.74) is 1.19. The van der Waals surface area contributed by atoms with Crippen molar-refractivity contribution in [2.24, 2.45) is 0 Å². The highest BCUT2D eigenvalue weighted by molar-refractivity contribution is 5.76. The quantitative estimate of drug-likeness (QED) is 0.822. The predicted molar refractivity (Wildman–Crippen MR) is 74.7 cm³/mol. The predicted octanol–water partition coefficient (Wildman–Crippen LogP) is 3.43. The Kier molecular flexibility index (Phi) is 4.39. The first-order chi connectivity index (χ1) is 9.18. The SMILES string of the molecule is CC(c1ccco1)N(C)C(=O)CCc1ccccc1. The third kappa shape index (κ3) is 3.47. The van der Waals surface area contributed by atoms with Gasteiger partial charge >= 0.3 is 0 Å². The van der Waals surface area contributed by atoms with Crippen LogP contribution < -0.4 is 0 Å². The summed E-state index contributed by atoms with van der Waals surface area (Å²) in [4.78, 5) is 13.9. The van der Waals surface area contributed by atoms with Crippen LogP contribution in [0.2, 0.25) is 0 Å². The van der Waals surface area contributed by atoms with E-state index in [1.165, 1.54) is 5.56 Å². The number of aryl methyl sites for hydroxylation is 1. The van der Waals surface area contributed by atoms with Crippen LogP contribution in [-0.4, -0.2) is 17.9 Å². The van der Waals surface area contributed by atoms with Crippen molar-refractivity contribution in [1.82, 2.24) is 4.90 Å². The molecule has 0 radical (unpaired) electrons. The summed E-state index contributed by atoms with van der Waals surface area (Å²) in [7, 11) is 1.82. The number of carbonyl (C=O) groups is 1. The lowest BCUT2D eigenvalue weighted by atomic mass is 10.1. The van der Waals surface area contributed by atoms with Crippen molar-refractivity contribution < 1.29 is 9.21 Å². The summed E-state index contributed by atoms with van der Waals surface area (Å²) in [5.74, 6) is 0.948. The van der Waals surface area contributed by atoms with Gasteiger partial charge in [-0.15, -0.1) is 0 Å². The van der Waals surface area contributed by atoms with Crippen LogP contribution in [0.3, 0.4) is 0 Å². The minimum Gasteiger partial charge on any atom is -0.467 e. The van der Waals surface area contributed by atoms with Gasteiger partial charge in [-0.3, -0.25) is 4.79 Å². The Morgan fingerprint density at radius 3 is 2.58 bits per heavy atom. The monoisotopic (exact) mass is 257 g/mol. The molecule has 0 aliphatic heterocycles. The number of furan rings is 1. The smallest absolute Gasteiger partial charge is 0.223 e. The van der Waals surface area contributed by atoms with Gasteiger partial charge in [-0.05, 0) is 31.0 Å². The molecule has 100 valence electrons. The van der Waals surface area contributed by atoms with E-state index in [1.807, 2.05) is 56.4 Å². The zero-order valence-corrected chi connectivity index (χ0v) is 11.4. The van der Waals surface area contributed by atoms with Crippen LogP contribution in [-0.2, 0) is 11.2 Å². The third-order valence-electron chi connectivity index (χ3n) is 3.40. The summed E-state index contributed by atoms with van der Waals surface area (Å²) in [5, 5.41) is 0. The Morgan fingerprint density at radius 2 is 1.95 bits per heavy atom. The zero-order chi connectivity index (χ0) is 13.7. The third-order valence-corrected chi connectivity index (χ3v) is 3.40. The standard InChI is InChI=1S/C16H19NO2/c1-13(15-9-6-12-19-15)17(2)16(18)11-10-14-7-4-3-5-8-14/h3-9,12-13H,10-11H2,1-2H3. The number of rotatable bonds is 5. The van der Waals surface area contributed by atoms with E-state index in [9.17, 15) is 4.79 Å². The molecule has 1 aromatic heterocycles. The molecule has 0 spiro atoms. The van der Waals surface area contributed by atoms with Crippen LogP contribution in [0.25, 0.3) is 0 Å². The molecule has 2 rings (SSSR count).